The lowest BCUT2D eigenvalue weighted by molar-refractivity contribution is 0.0496. The van der Waals surface area contributed by atoms with Crippen LogP contribution in [-0.4, -0.2) is 30.9 Å². The number of ether oxygens (including phenoxy) is 2. The first kappa shape index (κ1) is 16.3. The smallest absolute Gasteiger partial charge is 0.338 e. The van der Waals surface area contributed by atoms with Crippen LogP contribution in [0.2, 0.25) is 0 Å². The van der Waals surface area contributed by atoms with Crippen LogP contribution < -0.4 is 10.5 Å². The number of nitrogen functional groups attached to an aromatic ring is 1. The number of aliphatic hydroxyl groups excluding tert-OH is 1. The van der Waals surface area contributed by atoms with E-state index >= 15 is 0 Å². The Morgan fingerprint density at radius 3 is 2.65 bits per heavy atom. The second kappa shape index (κ2) is 9.20. The summed E-state index contributed by atoms with van der Waals surface area (Å²) in [6, 6.07) is 4.89. The van der Waals surface area contributed by atoms with Crippen molar-refractivity contribution in [1.29, 1.82) is 0 Å². The highest BCUT2D eigenvalue weighted by atomic mass is 16.5. The average Bonchev–Trinajstić information content (AvgIpc) is 2.42. The molecule has 20 heavy (non-hydrogen) atoms. The summed E-state index contributed by atoms with van der Waals surface area (Å²) in [4.78, 5) is 11.9. The van der Waals surface area contributed by atoms with Crippen LogP contribution >= 0.6 is 0 Å². The second-order valence-electron chi connectivity index (χ2n) is 4.50. The van der Waals surface area contributed by atoms with Gasteiger partial charge in [0.05, 0.1) is 18.8 Å². The van der Waals surface area contributed by atoms with E-state index in [0.717, 1.165) is 25.7 Å². The van der Waals surface area contributed by atoms with Gasteiger partial charge in [-0.15, -0.1) is 0 Å². The number of carbonyl (C=O) groups excluding carboxylic acids is 1. The van der Waals surface area contributed by atoms with E-state index in [1.165, 1.54) is 0 Å². The molecule has 5 heteroatoms. The maximum atomic E-state index is 11.9. The standard InChI is InChI=1S/C15H23NO4/c1-2-19-14-10-12(9-13(16)11-14)15(18)20-8-6-4-3-5-7-17/h9-11,17H,2-8,16H2,1H3. The Morgan fingerprint density at radius 1 is 1.20 bits per heavy atom. The first-order chi connectivity index (χ1) is 9.67. The van der Waals surface area contributed by atoms with Crippen molar-refractivity contribution >= 4 is 11.7 Å². The average molecular weight is 281 g/mol. The van der Waals surface area contributed by atoms with Crippen molar-refractivity contribution in [3.8, 4) is 5.75 Å². The van der Waals surface area contributed by atoms with Gasteiger partial charge in [-0.05, 0) is 38.3 Å². The molecule has 0 radical (unpaired) electrons. The Labute approximate surface area is 119 Å². The van der Waals surface area contributed by atoms with E-state index < -0.39 is 0 Å². The number of esters is 1. The number of unbranched alkanes of at least 4 members (excludes halogenated alkanes) is 3. The number of anilines is 1. The molecule has 1 aromatic carbocycles. The third-order valence-corrected chi connectivity index (χ3v) is 2.76. The third-order valence-electron chi connectivity index (χ3n) is 2.76. The topological polar surface area (TPSA) is 81.8 Å². The number of hydrogen-bond donors (Lipinski definition) is 2. The van der Waals surface area contributed by atoms with Gasteiger partial charge in [0, 0.05) is 18.4 Å². The van der Waals surface area contributed by atoms with E-state index in [4.69, 9.17) is 20.3 Å². The molecule has 3 N–H and O–H groups in total. The largest absolute Gasteiger partial charge is 0.494 e. The molecule has 0 fully saturated rings. The summed E-state index contributed by atoms with van der Waals surface area (Å²) >= 11 is 0. The Balaban J connectivity index is 2.42. The minimum Gasteiger partial charge on any atom is -0.494 e. The summed E-state index contributed by atoms with van der Waals surface area (Å²) in [6.45, 7) is 2.97. The Kier molecular flexibility index (Phi) is 7.50. The van der Waals surface area contributed by atoms with Crippen molar-refractivity contribution in [1.82, 2.24) is 0 Å². The van der Waals surface area contributed by atoms with Crippen molar-refractivity contribution in [2.75, 3.05) is 25.6 Å². The lowest BCUT2D eigenvalue weighted by Crippen LogP contribution is -2.08. The normalized spacial score (nSPS) is 10.3. The van der Waals surface area contributed by atoms with Crippen LogP contribution in [0.25, 0.3) is 0 Å². The van der Waals surface area contributed by atoms with Crippen molar-refractivity contribution in [2.45, 2.75) is 32.6 Å². The minimum absolute atomic E-state index is 0.212. The van der Waals surface area contributed by atoms with Crippen LogP contribution in [0, 0.1) is 0 Å². The molecule has 0 aromatic heterocycles. The van der Waals surface area contributed by atoms with Crippen LogP contribution in [0.3, 0.4) is 0 Å². The van der Waals surface area contributed by atoms with Crippen LogP contribution in [-0.2, 0) is 4.74 Å². The van der Waals surface area contributed by atoms with Crippen LogP contribution in [0.15, 0.2) is 18.2 Å². The molecule has 0 aliphatic carbocycles. The van der Waals surface area contributed by atoms with Gasteiger partial charge in [0.15, 0.2) is 0 Å². The van der Waals surface area contributed by atoms with Crippen LogP contribution in [0.4, 0.5) is 5.69 Å². The molecule has 5 nitrogen and oxygen atoms in total. The molecule has 0 aliphatic rings. The summed E-state index contributed by atoms with van der Waals surface area (Å²) in [7, 11) is 0. The van der Waals surface area contributed by atoms with Gasteiger partial charge < -0.3 is 20.3 Å². The summed E-state index contributed by atoms with van der Waals surface area (Å²) in [6.07, 6.45) is 3.48. The quantitative estimate of drug-likeness (QED) is 0.412. The maximum absolute atomic E-state index is 11.9. The second-order valence-corrected chi connectivity index (χ2v) is 4.50. The van der Waals surface area contributed by atoms with Crippen LogP contribution in [0.5, 0.6) is 5.75 Å². The fourth-order valence-electron chi connectivity index (χ4n) is 1.81. The van der Waals surface area contributed by atoms with Gasteiger partial charge in [0.25, 0.3) is 0 Å². The first-order valence-corrected chi connectivity index (χ1v) is 6.98. The van der Waals surface area contributed by atoms with Gasteiger partial charge in [-0.3, -0.25) is 0 Å². The third kappa shape index (κ3) is 5.93. The number of benzene rings is 1. The molecule has 0 saturated heterocycles. The molecule has 0 unspecified atom stereocenters. The predicted molar refractivity (Wildman–Crippen MR) is 77.9 cm³/mol. The summed E-state index contributed by atoms with van der Waals surface area (Å²) in [5.41, 5.74) is 6.61. The highest BCUT2D eigenvalue weighted by Crippen LogP contribution is 2.19. The van der Waals surface area contributed by atoms with Crippen molar-refractivity contribution in [2.24, 2.45) is 0 Å². The van der Waals surface area contributed by atoms with Crippen molar-refractivity contribution in [3.05, 3.63) is 23.8 Å². The van der Waals surface area contributed by atoms with E-state index in [0.29, 0.717) is 30.2 Å². The molecule has 0 aliphatic heterocycles. The van der Waals surface area contributed by atoms with Gasteiger partial charge in [0.1, 0.15) is 5.75 Å². The molecular weight excluding hydrogens is 258 g/mol. The number of nitrogens with two attached hydrogens (primary N) is 1. The maximum Gasteiger partial charge on any atom is 0.338 e. The van der Waals surface area contributed by atoms with E-state index in [2.05, 4.69) is 0 Å². The van der Waals surface area contributed by atoms with Gasteiger partial charge in [-0.25, -0.2) is 4.79 Å². The molecule has 0 spiro atoms. The zero-order chi connectivity index (χ0) is 14.8. The summed E-state index contributed by atoms with van der Waals surface area (Å²) in [5.74, 6) is 0.183. The van der Waals surface area contributed by atoms with E-state index in [-0.39, 0.29) is 12.6 Å². The van der Waals surface area contributed by atoms with E-state index in [1.54, 1.807) is 18.2 Å². The summed E-state index contributed by atoms with van der Waals surface area (Å²) < 4.78 is 10.5. The van der Waals surface area contributed by atoms with E-state index in [9.17, 15) is 4.79 Å². The number of hydrogen-bond acceptors (Lipinski definition) is 5. The summed E-state index contributed by atoms with van der Waals surface area (Å²) in [5, 5.41) is 8.65. The molecule has 0 atom stereocenters. The Hall–Kier alpha value is -1.75. The van der Waals surface area contributed by atoms with Gasteiger partial charge in [-0.1, -0.05) is 6.42 Å². The number of carbonyl (C=O) groups is 1. The highest BCUT2D eigenvalue weighted by molar-refractivity contribution is 5.91. The SMILES string of the molecule is CCOc1cc(N)cc(C(=O)OCCCCCCO)c1. The lowest BCUT2D eigenvalue weighted by Gasteiger charge is -2.08. The fraction of sp³-hybridized carbons (Fsp3) is 0.533. The molecule has 1 rings (SSSR count). The Morgan fingerprint density at radius 2 is 1.95 bits per heavy atom. The molecule has 0 amide bonds. The van der Waals surface area contributed by atoms with E-state index in [1.807, 2.05) is 6.92 Å². The van der Waals surface area contributed by atoms with Crippen LogP contribution in [0.1, 0.15) is 43.0 Å². The lowest BCUT2D eigenvalue weighted by atomic mass is 10.2. The molecule has 0 bridgehead atoms. The minimum atomic E-state index is -0.389. The van der Waals surface area contributed by atoms with Gasteiger partial charge in [-0.2, -0.15) is 0 Å². The highest BCUT2D eigenvalue weighted by Gasteiger charge is 2.09. The predicted octanol–water partition coefficient (Wildman–Crippen LogP) is 2.38. The fourth-order valence-corrected chi connectivity index (χ4v) is 1.81. The molecule has 112 valence electrons. The number of rotatable bonds is 9. The zero-order valence-electron chi connectivity index (χ0n) is 11.9. The molecule has 1 aromatic rings. The monoisotopic (exact) mass is 281 g/mol. The van der Waals surface area contributed by atoms with Crippen molar-refractivity contribution in [3.63, 3.8) is 0 Å². The Bertz CT molecular complexity index is 420. The molecular formula is C15H23NO4. The van der Waals surface area contributed by atoms with Gasteiger partial charge >= 0.3 is 5.97 Å². The molecule has 0 heterocycles. The van der Waals surface area contributed by atoms with Crippen molar-refractivity contribution < 1.29 is 19.4 Å². The molecule has 0 saturated carbocycles. The first-order valence-electron chi connectivity index (χ1n) is 6.98. The zero-order valence-corrected chi connectivity index (χ0v) is 11.9. The number of aliphatic hydroxyl groups is 1. The van der Waals surface area contributed by atoms with Gasteiger partial charge in [0.2, 0.25) is 0 Å².